The third-order valence-electron chi connectivity index (χ3n) is 6.20. The minimum Gasteiger partial charge on any atom is -0.370 e. The molecule has 170 valence electrons. The second-order valence-corrected chi connectivity index (χ2v) is 8.90. The summed E-state index contributed by atoms with van der Waals surface area (Å²) in [5, 5.41) is 5.47. The molecule has 4 heterocycles. The van der Waals surface area contributed by atoms with Crippen molar-refractivity contribution in [1.82, 2.24) is 24.3 Å². The number of aromatic nitrogens is 5. The maximum atomic E-state index is 13.2. The first-order valence-electron chi connectivity index (χ1n) is 10.8. The Hall–Kier alpha value is -3.23. The highest BCUT2D eigenvalue weighted by atomic mass is 35.5. The van der Waals surface area contributed by atoms with E-state index >= 15 is 0 Å². The predicted molar refractivity (Wildman–Crippen MR) is 129 cm³/mol. The van der Waals surface area contributed by atoms with Crippen molar-refractivity contribution in [3.8, 4) is 11.3 Å². The Morgan fingerprint density at radius 2 is 1.97 bits per heavy atom. The van der Waals surface area contributed by atoms with Crippen molar-refractivity contribution in [2.24, 2.45) is 14.1 Å². The lowest BCUT2D eigenvalue weighted by molar-refractivity contribution is 0.0395. The van der Waals surface area contributed by atoms with E-state index < -0.39 is 0 Å². The molecule has 33 heavy (non-hydrogen) atoms. The zero-order valence-electron chi connectivity index (χ0n) is 19.0. The van der Waals surface area contributed by atoms with Gasteiger partial charge in [-0.25, -0.2) is 9.97 Å². The summed E-state index contributed by atoms with van der Waals surface area (Å²) in [4.78, 5) is 25.1. The van der Waals surface area contributed by atoms with E-state index in [0.29, 0.717) is 47.1 Å². The van der Waals surface area contributed by atoms with Crippen molar-refractivity contribution in [3.05, 3.63) is 69.0 Å². The molecule has 0 bridgehead atoms. The maximum Gasteiger partial charge on any atom is 0.261 e. The zero-order chi connectivity index (χ0) is 23.3. The number of nitrogens with zero attached hydrogens (tertiary/aromatic N) is 6. The van der Waals surface area contributed by atoms with E-state index in [2.05, 4.69) is 10.00 Å². The molecule has 1 saturated heterocycles. The topological polar surface area (TPSA) is 78.1 Å². The molecule has 0 aliphatic carbocycles. The average molecular weight is 465 g/mol. The Morgan fingerprint density at radius 3 is 2.70 bits per heavy atom. The van der Waals surface area contributed by atoms with Crippen LogP contribution >= 0.6 is 11.6 Å². The Bertz CT molecular complexity index is 1430. The minimum absolute atomic E-state index is 0.0916. The van der Waals surface area contributed by atoms with Gasteiger partial charge < -0.3 is 9.64 Å². The highest BCUT2D eigenvalue weighted by molar-refractivity contribution is 6.30. The van der Waals surface area contributed by atoms with Crippen molar-refractivity contribution < 1.29 is 4.74 Å². The summed E-state index contributed by atoms with van der Waals surface area (Å²) in [6.45, 7) is 5.66. The maximum absolute atomic E-state index is 13.2. The second-order valence-electron chi connectivity index (χ2n) is 8.46. The fourth-order valence-electron chi connectivity index (χ4n) is 4.27. The zero-order valence-corrected chi connectivity index (χ0v) is 19.8. The molecule has 1 aromatic carbocycles. The molecule has 0 spiro atoms. The van der Waals surface area contributed by atoms with Crippen LogP contribution in [0.25, 0.3) is 22.2 Å². The molecule has 0 radical (unpaired) electrons. The van der Waals surface area contributed by atoms with Gasteiger partial charge in [0, 0.05) is 49.5 Å². The lowest BCUT2D eigenvalue weighted by Crippen LogP contribution is -2.39. The van der Waals surface area contributed by atoms with Crippen LogP contribution in [0.2, 0.25) is 5.02 Å². The molecule has 0 unspecified atom stereocenters. The van der Waals surface area contributed by atoms with Gasteiger partial charge >= 0.3 is 0 Å². The number of pyridine rings is 1. The molecule has 1 fully saturated rings. The molecular formula is C24H25ClN6O2. The summed E-state index contributed by atoms with van der Waals surface area (Å²) < 4.78 is 9.35. The third-order valence-corrected chi connectivity index (χ3v) is 6.44. The van der Waals surface area contributed by atoms with E-state index in [9.17, 15) is 4.79 Å². The smallest absolute Gasteiger partial charge is 0.261 e. The van der Waals surface area contributed by atoms with E-state index in [1.165, 1.54) is 0 Å². The number of benzene rings is 1. The summed E-state index contributed by atoms with van der Waals surface area (Å²) in [7, 11) is 3.63. The van der Waals surface area contributed by atoms with Crippen LogP contribution in [0.5, 0.6) is 0 Å². The van der Waals surface area contributed by atoms with Gasteiger partial charge in [0.05, 0.1) is 23.9 Å². The molecule has 1 aliphatic rings. The van der Waals surface area contributed by atoms with Crippen molar-refractivity contribution in [2.75, 3.05) is 24.6 Å². The lowest BCUT2D eigenvalue weighted by atomic mass is 10.0. The van der Waals surface area contributed by atoms with Crippen LogP contribution in [0, 0.1) is 13.8 Å². The number of aryl methyl sites for hydroxylation is 3. The normalized spacial score (nSPS) is 16.5. The van der Waals surface area contributed by atoms with Crippen LogP contribution in [0.15, 0.2) is 41.5 Å². The van der Waals surface area contributed by atoms with Gasteiger partial charge in [-0.1, -0.05) is 17.7 Å². The van der Waals surface area contributed by atoms with Crippen LogP contribution in [-0.2, 0) is 18.8 Å². The van der Waals surface area contributed by atoms with Gasteiger partial charge in [-0.15, -0.1) is 0 Å². The van der Waals surface area contributed by atoms with E-state index in [0.717, 1.165) is 22.5 Å². The Morgan fingerprint density at radius 1 is 1.15 bits per heavy atom. The van der Waals surface area contributed by atoms with Gasteiger partial charge in [0.25, 0.3) is 5.56 Å². The number of hydrogen-bond donors (Lipinski definition) is 0. The molecule has 0 amide bonds. The SMILES string of the molecule is Cc1cc(Cl)ccc1-c1nc(N2CCO[C@H](c3cnn(C)c3)C2)cc2c(=O)n(C)c(C)nc12. The Labute approximate surface area is 196 Å². The monoisotopic (exact) mass is 464 g/mol. The van der Waals surface area contributed by atoms with Gasteiger partial charge in [-0.05, 0) is 37.6 Å². The molecule has 8 nitrogen and oxygen atoms in total. The van der Waals surface area contributed by atoms with E-state index in [-0.39, 0.29) is 11.7 Å². The van der Waals surface area contributed by atoms with Crippen molar-refractivity contribution >= 4 is 28.3 Å². The van der Waals surface area contributed by atoms with Crippen LogP contribution in [0.1, 0.15) is 23.1 Å². The fraction of sp³-hybridized carbons (Fsp3) is 0.333. The number of ether oxygens (including phenoxy) is 1. The average Bonchev–Trinajstić information content (AvgIpc) is 3.24. The largest absolute Gasteiger partial charge is 0.370 e. The minimum atomic E-state index is -0.121. The first-order chi connectivity index (χ1) is 15.8. The second kappa shape index (κ2) is 8.28. The summed E-state index contributed by atoms with van der Waals surface area (Å²) >= 11 is 6.20. The molecule has 1 aliphatic heterocycles. The van der Waals surface area contributed by atoms with E-state index in [1.54, 1.807) is 16.3 Å². The number of anilines is 1. The molecule has 3 aromatic heterocycles. The highest BCUT2D eigenvalue weighted by Gasteiger charge is 2.26. The molecule has 0 saturated carbocycles. The Kier molecular flexibility index (Phi) is 5.42. The first kappa shape index (κ1) is 21.6. The van der Waals surface area contributed by atoms with Gasteiger partial charge in [0.15, 0.2) is 0 Å². The van der Waals surface area contributed by atoms with Crippen molar-refractivity contribution in [1.29, 1.82) is 0 Å². The summed E-state index contributed by atoms with van der Waals surface area (Å²) in [5.74, 6) is 1.37. The fourth-order valence-corrected chi connectivity index (χ4v) is 4.50. The highest BCUT2D eigenvalue weighted by Crippen LogP contribution is 2.33. The molecule has 1 atom stereocenters. The van der Waals surface area contributed by atoms with Gasteiger partial charge in [-0.2, -0.15) is 5.10 Å². The molecule has 9 heteroatoms. The number of halogens is 1. The summed E-state index contributed by atoms with van der Waals surface area (Å²) in [6, 6.07) is 7.53. The van der Waals surface area contributed by atoms with Gasteiger partial charge in [-0.3, -0.25) is 14.0 Å². The molecule has 4 aromatic rings. The predicted octanol–water partition coefficient (Wildman–Crippen LogP) is 3.58. The van der Waals surface area contributed by atoms with Crippen LogP contribution in [-0.4, -0.2) is 44.0 Å². The number of morpholine rings is 1. The van der Waals surface area contributed by atoms with Crippen molar-refractivity contribution in [3.63, 3.8) is 0 Å². The van der Waals surface area contributed by atoms with Crippen LogP contribution in [0.3, 0.4) is 0 Å². The van der Waals surface area contributed by atoms with E-state index in [4.69, 9.17) is 26.3 Å². The summed E-state index contributed by atoms with van der Waals surface area (Å²) in [6.07, 6.45) is 3.67. The number of rotatable bonds is 3. The van der Waals surface area contributed by atoms with Gasteiger partial charge in [0.1, 0.15) is 23.3 Å². The quantitative estimate of drug-likeness (QED) is 0.461. The molecular weight excluding hydrogens is 440 g/mol. The third kappa shape index (κ3) is 3.89. The lowest BCUT2D eigenvalue weighted by Gasteiger charge is -2.33. The van der Waals surface area contributed by atoms with Gasteiger partial charge in [0.2, 0.25) is 0 Å². The van der Waals surface area contributed by atoms with Crippen LogP contribution < -0.4 is 10.5 Å². The number of fused-ring (bicyclic) bond motifs is 1. The molecule has 0 N–H and O–H groups in total. The van der Waals surface area contributed by atoms with Crippen LogP contribution in [0.4, 0.5) is 5.82 Å². The summed E-state index contributed by atoms with van der Waals surface area (Å²) in [5.41, 5.74) is 4.09. The standard InChI is InChI=1S/C24H25ClN6O2/c1-14-9-17(25)5-6-18(14)22-23-19(24(32)30(4)15(2)27-23)10-21(28-22)31-7-8-33-20(13-31)16-11-26-29(3)12-16/h5-6,9-12,20H,7-8,13H2,1-4H3/t20-/m0/s1. The van der Waals surface area contributed by atoms with Crippen molar-refractivity contribution in [2.45, 2.75) is 20.0 Å². The van der Waals surface area contributed by atoms with E-state index in [1.807, 2.05) is 57.6 Å². The Balaban J connectivity index is 1.67. The first-order valence-corrected chi connectivity index (χ1v) is 11.2. The molecule has 5 rings (SSSR count). The number of hydrogen-bond acceptors (Lipinski definition) is 6.